The van der Waals surface area contributed by atoms with Crippen LogP contribution in [0, 0.1) is 0 Å². The van der Waals surface area contributed by atoms with Crippen molar-refractivity contribution in [2.24, 2.45) is 7.05 Å². The summed E-state index contributed by atoms with van der Waals surface area (Å²) in [6.45, 7) is 2.09. The summed E-state index contributed by atoms with van der Waals surface area (Å²) in [5.74, 6) is 1.08. The quantitative estimate of drug-likeness (QED) is 0.670. The highest BCUT2D eigenvalue weighted by Gasteiger charge is 2.06. The molecule has 0 radical (unpaired) electrons. The summed E-state index contributed by atoms with van der Waals surface area (Å²) in [6.07, 6.45) is 0.935. The highest BCUT2D eigenvalue weighted by Crippen LogP contribution is 2.20. The van der Waals surface area contributed by atoms with E-state index >= 15 is 0 Å². The molecule has 2 aromatic rings. The van der Waals surface area contributed by atoms with Gasteiger partial charge >= 0.3 is 0 Å². The molecule has 13 heavy (non-hydrogen) atoms. The average Bonchev–Trinajstić information content (AvgIpc) is 2.45. The van der Waals surface area contributed by atoms with Crippen molar-refractivity contribution in [3.8, 4) is 0 Å². The summed E-state index contributed by atoms with van der Waals surface area (Å²) in [4.78, 5) is 4.47. The fraction of sp³-hybridized carbons (Fsp3) is 0.300. The molecule has 2 N–H and O–H groups in total. The molecule has 0 aliphatic rings. The third kappa shape index (κ3) is 1.08. The second-order valence-electron chi connectivity index (χ2n) is 3.16. The van der Waals surface area contributed by atoms with Gasteiger partial charge in [-0.15, -0.1) is 0 Å². The zero-order chi connectivity index (χ0) is 9.42. The number of rotatable bonds is 1. The van der Waals surface area contributed by atoms with Crippen LogP contribution in [0.25, 0.3) is 11.0 Å². The third-order valence-electron chi connectivity index (χ3n) is 2.35. The fourth-order valence-corrected chi connectivity index (χ4v) is 1.60. The Morgan fingerprint density at radius 1 is 1.46 bits per heavy atom. The molecule has 3 heteroatoms. The van der Waals surface area contributed by atoms with Gasteiger partial charge in [-0.25, -0.2) is 4.98 Å². The predicted molar refractivity (Wildman–Crippen MR) is 54.5 cm³/mol. The van der Waals surface area contributed by atoms with Crippen molar-refractivity contribution < 1.29 is 0 Å². The lowest BCUT2D eigenvalue weighted by Gasteiger charge is -1.97. The number of aromatic nitrogens is 2. The number of imidazole rings is 1. The number of para-hydroxylation sites is 1. The van der Waals surface area contributed by atoms with E-state index < -0.39 is 0 Å². The monoisotopic (exact) mass is 175 g/mol. The van der Waals surface area contributed by atoms with Crippen LogP contribution in [-0.4, -0.2) is 9.55 Å². The number of nitrogens with zero attached hydrogens (tertiary/aromatic N) is 2. The number of nitrogens with two attached hydrogens (primary N) is 1. The first-order valence-electron chi connectivity index (χ1n) is 4.43. The number of hydrogen-bond acceptors (Lipinski definition) is 2. The van der Waals surface area contributed by atoms with Gasteiger partial charge in [0.15, 0.2) is 0 Å². The van der Waals surface area contributed by atoms with Crippen molar-refractivity contribution in [2.75, 3.05) is 5.73 Å². The zero-order valence-electron chi connectivity index (χ0n) is 7.91. The lowest BCUT2D eigenvalue weighted by molar-refractivity contribution is 0.829. The number of hydrogen-bond donors (Lipinski definition) is 1. The van der Waals surface area contributed by atoms with Gasteiger partial charge in [0.1, 0.15) is 11.3 Å². The first-order chi connectivity index (χ1) is 6.24. The largest absolute Gasteiger partial charge is 0.397 e. The van der Waals surface area contributed by atoms with Gasteiger partial charge in [-0.3, -0.25) is 0 Å². The van der Waals surface area contributed by atoms with E-state index in [0.29, 0.717) is 0 Å². The molecule has 0 aliphatic carbocycles. The number of aryl methyl sites for hydroxylation is 2. The molecule has 1 aromatic heterocycles. The van der Waals surface area contributed by atoms with Crippen molar-refractivity contribution in [2.45, 2.75) is 13.3 Å². The van der Waals surface area contributed by atoms with Gasteiger partial charge < -0.3 is 10.3 Å². The van der Waals surface area contributed by atoms with Crippen LogP contribution in [0.4, 0.5) is 5.69 Å². The topological polar surface area (TPSA) is 43.8 Å². The number of anilines is 1. The molecule has 0 spiro atoms. The van der Waals surface area contributed by atoms with E-state index in [2.05, 4.69) is 16.5 Å². The van der Waals surface area contributed by atoms with Crippen LogP contribution in [0.3, 0.4) is 0 Å². The Kier molecular flexibility index (Phi) is 1.72. The molecule has 0 aliphatic heterocycles. The van der Waals surface area contributed by atoms with Crippen LogP contribution >= 0.6 is 0 Å². The van der Waals surface area contributed by atoms with Gasteiger partial charge in [-0.2, -0.15) is 0 Å². The average molecular weight is 175 g/mol. The van der Waals surface area contributed by atoms with E-state index in [1.165, 1.54) is 0 Å². The molecule has 68 valence electrons. The summed E-state index contributed by atoms with van der Waals surface area (Å²) >= 11 is 0. The van der Waals surface area contributed by atoms with E-state index in [-0.39, 0.29) is 0 Å². The van der Waals surface area contributed by atoms with Crippen molar-refractivity contribution in [1.29, 1.82) is 0 Å². The van der Waals surface area contributed by atoms with E-state index in [9.17, 15) is 0 Å². The molecule has 0 bridgehead atoms. The summed E-state index contributed by atoms with van der Waals surface area (Å²) in [5.41, 5.74) is 8.60. The Hall–Kier alpha value is -1.51. The maximum atomic E-state index is 5.82. The minimum Gasteiger partial charge on any atom is -0.397 e. The molecule has 1 aromatic carbocycles. The molecule has 0 unspecified atom stereocenters. The van der Waals surface area contributed by atoms with Crippen LogP contribution in [-0.2, 0) is 13.5 Å². The van der Waals surface area contributed by atoms with Crippen LogP contribution in [0.15, 0.2) is 18.2 Å². The number of fused-ring (bicyclic) bond motifs is 1. The Balaban J connectivity index is 2.83. The van der Waals surface area contributed by atoms with Crippen molar-refractivity contribution in [1.82, 2.24) is 9.55 Å². The molecule has 1 heterocycles. The second kappa shape index (κ2) is 2.76. The Labute approximate surface area is 77.2 Å². The summed E-state index contributed by atoms with van der Waals surface area (Å²) in [6, 6.07) is 5.88. The minimum atomic E-state index is 0.757. The van der Waals surface area contributed by atoms with Gasteiger partial charge in [0.2, 0.25) is 0 Å². The van der Waals surface area contributed by atoms with Gasteiger partial charge in [0.25, 0.3) is 0 Å². The summed E-state index contributed by atoms with van der Waals surface area (Å²) in [5, 5.41) is 0. The third-order valence-corrected chi connectivity index (χ3v) is 2.35. The second-order valence-corrected chi connectivity index (χ2v) is 3.16. The smallest absolute Gasteiger partial charge is 0.112 e. The van der Waals surface area contributed by atoms with Crippen LogP contribution in [0.2, 0.25) is 0 Å². The molecule has 0 atom stereocenters. The van der Waals surface area contributed by atoms with E-state index in [0.717, 1.165) is 29.0 Å². The minimum absolute atomic E-state index is 0.757. The number of nitrogen functional groups attached to an aromatic ring is 1. The highest BCUT2D eigenvalue weighted by molar-refractivity contribution is 5.87. The number of benzene rings is 1. The van der Waals surface area contributed by atoms with Crippen LogP contribution < -0.4 is 5.73 Å². The van der Waals surface area contributed by atoms with E-state index in [1.54, 1.807) is 0 Å². The standard InChI is InChI=1S/C10H13N3/c1-3-9-12-10-7(11)5-4-6-8(10)13(9)2/h4-6H,3,11H2,1-2H3. The molecule has 2 rings (SSSR count). The van der Waals surface area contributed by atoms with E-state index in [4.69, 9.17) is 5.73 Å². The Morgan fingerprint density at radius 2 is 2.23 bits per heavy atom. The predicted octanol–water partition coefficient (Wildman–Crippen LogP) is 1.72. The molecule has 0 fully saturated rings. The van der Waals surface area contributed by atoms with Gasteiger partial charge in [0, 0.05) is 13.5 Å². The van der Waals surface area contributed by atoms with Gasteiger partial charge in [-0.05, 0) is 12.1 Å². The van der Waals surface area contributed by atoms with E-state index in [1.807, 2.05) is 25.2 Å². The molecule has 0 amide bonds. The zero-order valence-corrected chi connectivity index (χ0v) is 7.91. The molecule has 3 nitrogen and oxygen atoms in total. The maximum absolute atomic E-state index is 5.82. The SMILES string of the molecule is CCc1nc2c(N)cccc2n1C. The summed E-state index contributed by atoms with van der Waals surface area (Å²) in [7, 11) is 2.02. The molecular weight excluding hydrogens is 162 g/mol. The molecule has 0 saturated heterocycles. The lowest BCUT2D eigenvalue weighted by atomic mass is 10.3. The first kappa shape index (κ1) is 8.10. The maximum Gasteiger partial charge on any atom is 0.112 e. The van der Waals surface area contributed by atoms with Gasteiger partial charge in [0.05, 0.1) is 11.2 Å². The normalized spacial score (nSPS) is 10.9. The van der Waals surface area contributed by atoms with Crippen molar-refractivity contribution in [3.63, 3.8) is 0 Å². The lowest BCUT2D eigenvalue weighted by Crippen LogP contribution is -1.94. The van der Waals surface area contributed by atoms with Gasteiger partial charge in [-0.1, -0.05) is 13.0 Å². The first-order valence-corrected chi connectivity index (χ1v) is 4.43. The molecule has 0 saturated carbocycles. The Morgan fingerprint density at radius 3 is 2.85 bits per heavy atom. The summed E-state index contributed by atoms with van der Waals surface area (Å²) < 4.78 is 2.09. The van der Waals surface area contributed by atoms with Crippen LogP contribution in [0.1, 0.15) is 12.7 Å². The van der Waals surface area contributed by atoms with Crippen molar-refractivity contribution in [3.05, 3.63) is 24.0 Å². The van der Waals surface area contributed by atoms with Crippen LogP contribution in [0.5, 0.6) is 0 Å². The highest BCUT2D eigenvalue weighted by atomic mass is 15.1. The fourth-order valence-electron chi connectivity index (χ4n) is 1.60. The van der Waals surface area contributed by atoms with Crippen molar-refractivity contribution >= 4 is 16.7 Å². The molecular formula is C10H13N3. The Bertz CT molecular complexity index is 443.